The zero-order chi connectivity index (χ0) is 16.9. The van der Waals surface area contributed by atoms with Gasteiger partial charge in [-0.3, -0.25) is 4.99 Å². The summed E-state index contributed by atoms with van der Waals surface area (Å²) in [6, 6.07) is 9.84. The third-order valence-electron chi connectivity index (χ3n) is 3.27. The van der Waals surface area contributed by atoms with Crippen LogP contribution in [0.3, 0.4) is 0 Å². The Morgan fingerprint density at radius 1 is 1.35 bits per heavy atom. The highest BCUT2D eigenvalue weighted by Crippen LogP contribution is 2.18. The van der Waals surface area contributed by atoms with Crippen LogP contribution in [0, 0.1) is 0 Å². The number of hydrogen-bond acceptors (Lipinski definition) is 3. The number of aliphatic imine (C=N–C) groups is 1. The lowest BCUT2D eigenvalue weighted by molar-refractivity contribution is 0.0505. The normalized spacial score (nSPS) is 16.6. The van der Waals surface area contributed by atoms with E-state index in [1.165, 1.54) is 0 Å². The van der Waals surface area contributed by atoms with Gasteiger partial charge in [-0.15, -0.1) is 0 Å². The van der Waals surface area contributed by atoms with E-state index in [4.69, 9.17) is 10.5 Å². The topological polar surface area (TPSA) is 88.7 Å². The van der Waals surface area contributed by atoms with Crippen molar-refractivity contribution < 1.29 is 9.53 Å². The Labute approximate surface area is 137 Å². The smallest absolute Gasteiger partial charge is 0.408 e. The lowest BCUT2D eigenvalue weighted by Crippen LogP contribution is -2.37. The third kappa shape index (κ3) is 6.59. The zero-order valence-corrected chi connectivity index (χ0v) is 14.0. The Bertz CT molecular complexity index is 547. The van der Waals surface area contributed by atoms with Crippen LogP contribution in [0.5, 0.6) is 0 Å². The van der Waals surface area contributed by atoms with Crippen molar-refractivity contribution >= 4 is 12.1 Å². The summed E-state index contributed by atoms with van der Waals surface area (Å²) < 4.78 is 5.33. The molecule has 0 aliphatic heterocycles. The fraction of sp³-hybridized carbons (Fsp3) is 0.529. The van der Waals surface area contributed by atoms with Gasteiger partial charge in [-0.05, 0) is 39.2 Å². The highest BCUT2D eigenvalue weighted by Gasteiger charge is 2.22. The predicted octanol–water partition coefficient (Wildman–Crippen LogP) is 2.32. The van der Waals surface area contributed by atoms with Crippen LogP contribution in [0.25, 0.3) is 0 Å². The van der Waals surface area contributed by atoms with Crippen LogP contribution in [0.4, 0.5) is 4.79 Å². The summed E-state index contributed by atoms with van der Waals surface area (Å²) in [7, 11) is 0. The molecule has 1 aliphatic carbocycles. The molecule has 1 aromatic rings. The maximum absolute atomic E-state index is 12.0. The highest BCUT2D eigenvalue weighted by molar-refractivity contribution is 5.78. The molecule has 0 bridgehead atoms. The van der Waals surface area contributed by atoms with Gasteiger partial charge in [-0.2, -0.15) is 0 Å². The van der Waals surface area contributed by atoms with Crippen molar-refractivity contribution in [1.29, 1.82) is 0 Å². The van der Waals surface area contributed by atoms with Gasteiger partial charge in [-0.1, -0.05) is 30.3 Å². The fourth-order valence-electron chi connectivity index (χ4n) is 2.04. The van der Waals surface area contributed by atoms with Crippen molar-refractivity contribution in [2.24, 2.45) is 10.7 Å². The van der Waals surface area contributed by atoms with E-state index in [1.54, 1.807) is 0 Å². The van der Waals surface area contributed by atoms with Gasteiger partial charge in [-0.25, -0.2) is 4.79 Å². The van der Waals surface area contributed by atoms with E-state index < -0.39 is 11.7 Å². The molecular weight excluding hydrogens is 292 g/mol. The number of amides is 1. The minimum atomic E-state index is -0.541. The van der Waals surface area contributed by atoms with Crippen molar-refractivity contribution in [3.05, 3.63) is 35.9 Å². The van der Waals surface area contributed by atoms with E-state index in [0.29, 0.717) is 18.5 Å². The Kier molecular flexibility index (Phi) is 5.47. The summed E-state index contributed by atoms with van der Waals surface area (Å²) in [5.41, 5.74) is 6.29. The average Bonchev–Trinajstić information content (AvgIpc) is 3.26. The maximum atomic E-state index is 12.0. The number of guanidine groups is 1. The molecule has 2 rings (SSSR count). The minimum absolute atomic E-state index is 0.286. The van der Waals surface area contributed by atoms with Crippen molar-refractivity contribution in [2.45, 2.75) is 51.3 Å². The molecule has 6 nitrogen and oxygen atoms in total. The number of alkyl carbamates (subject to hydrolysis) is 1. The summed E-state index contributed by atoms with van der Waals surface area (Å²) in [4.78, 5) is 16.4. The number of nitrogens with one attached hydrogen (secondary N) is 2. The molecule has 4 N–H and O–H groups in total. The number of nitrogens with zero attached hydrogens (tertiary/aromatic N) is 1. The largest absolute Gasteiger partial charge is 0.444 e. The van der Waals surface area contributed by atoms with E-state index >= 15 is 0 Å². The van der Waals surface area contributed by atoms with Gasteiger partial charge < -0.3 is 21.1 Å². The number of rotatable bonds is 5. The minimum Gasteiger partial charge on any atom is -0.444 e. The van der Waals surface area contributed by atoms with Gasteiger partial charge in [0.1, 0.15) is 5.60 Å². The van der Waals surface area contributed by atoms with Gasteiger partial charge in [0.25, 0.3) is 0 Å². The second-order valence-electron chi connectivity index (χ2n) is 6.75. The zero-order valence-electron chi connectivity index (χ0n) is 14.0. The standard InChI is InChI=1S/C17H26N4O2/c1-17(2,3)23-16(22)21-14(12-7-5-4-6-8-12)11-19-15(18)20-13-9-10-13/h4-8,13-14H,9-11H2,1-3H3,(H,21,22)(H3,18,19,20). The Morgan fingerprint density at radius 3 is 2.57 bits per heavy atom. The van der Waals surface area contributed by atoms with Gasteiger partial charge in [0.2, 0.25) is 0 Å². The monoisotopic (exact) mass is 318 g/mol. The van der Waals surface area contributed by atoms with E-state index in [2.05, 4.69) is 15.6 Å². The quantitative estimate of drug-likeness (QED) is 0.574. The summed E-state index contributed by atoms with van der Waals surface area (Å²) in [6.45, 7) is 5.86. The fourth-order valence-corrected chi connectivity index (χ4v) is 2.04. The van der Waals surface area contributed by atoms with Crippen molar-refractivity contribution in [3.8, 4) is 0 Å². The first-order valence-corrected chi connectivity index (χ1v) is 7.94. The van der Waals surface area contributed by atoms with E-state index in [9.17, 15) is 4.79 Å². The summed E-state index contributed by atoms with van der Waals surface area (Å²) in [5.74, 6) is 0.416. The SMILES string of the molecule is CC(C)(C)OC(=O)NC(CN=C(N)NC1CC1)c1ccccc1. The number of ether oxygens (including phenoxy) is 1. The second kappa shape index (κ2) is 7.35. The van der Waals surface area contributed by atoms with Gasteiger partial charge in [0, 0.05) is 6.04 Å². The Hall–Kier alpha value is -2.24. The van der Waals surface area contributed by atoms with Crippen LogP contribution >= 0.6 is 0 Å². The van der Waals surface area contributed by atoms with E-state index in [0.717, 1.165) is 18.4 Å². The number of carbonyl (C=O) groups excluding carboxylic acids is 1. The number of benzene rings is 1. The first-order chi connectivity index (χ1) is 10.8. The molecule has 1 amide bonds. The average molecular weight is 318 g/mol. The molecule has 0 spiro atoms. The molecule has 0 aromatic heterocycles. The van der Waals surface area contributed by atoms with Gasteiger partial charge in [0.15, 0.2) is 5.96 Å². The number of hydrogen-bond donors (Lipinski definition) is 3. The van der Waals surface area contributed by atoms with Crippen molar-refractivity contribution in [3.63, 3.8) is 0 Å². The molecule has 23 heavy (non-hydrogen) atoms. The first kappa shape index (κ1) is 17.1. The molecule has 1 atom stereocenters. The molecule has 1 aliphatic rings. The van der Waals surface area contributed by atoms with Crippen LogP contribution in [0.15, 0.2) is 35.3 Å². The van der Waals surface area contributed by atoms with Crippen LogP contribution in [0.2, 0.25) is 0 Å². The molecule has 1 fully saturated rings. The first-order valence-electron chi connectivity index (χ1n) is 7.94. The molecule has 0 heterocycles. The Balaban J connectivity index is 2.01. The molecule has 0 saturated heterocycles. The molecule has 6 heteroatoms. The van der Waals surface area contributed by atoms with Crippen molar-refractivity contribution in [1.82, 2.24) is 10.6 Å². The maximum Gasteiger partial charge on any atom is 0.408 e. The molecule has 1 aromatic carbocycles. The number of nitrogens with two attached hydrogens (primary N) is 1. The Morgan fingerprint density at radius 2 is 2.00 bits per heavy atom. The molecule has 0 radical (unpaired) electrons. The molecule has 126 valence electrons. The third-order valence-corrected chi connectivity index (χ3v) is 3.27. The van der Waals surface area contributed by atoms with Gasteiger partial charge >= 0.3 is 6.09 Å². The lowest BCUT2D eigenvalue weighted by atomic mass is 10.1. The number of carbonyl (C=O) groups is 1. The van der Waals surface area contributed by atoms with Crippen LogP contribution in [-0.2, 0) is 4.74 Å². The van der Waals surface area contributed by atoms with Crippen LogP contribution in [-0.4, -0.2) is 30.2 Å². The van der Waals surface area contributed by atoms with Gasteiger partial charge in [0.05, 0.1) is 12.6 Å². The summed E-state index contributed by atoms with van der Waals surface area (Å²) >= 11 is 0. The van der Waals surface area contributed by atoms with Crippen molar-refractivity contribution in [2.75, 3.05) is 6.54 Å². The van der Waals surface area contributed by atoms with E-state index in [-0.39, 0.29) is 6.04 Å². The molecular formula is C17H26N4O2. The summed E-state index contributed by atoms with van der Waals surface area (Å²) in [6.07, 6.45) is 1.80. The van der Waals surface area contributed by atoms with Crippen LogP contribution in [0.1, 0.15) is 45.2 Å². The molecule has 1 unspecified atom stereocenters. The highest BCUT2D eigenvalue weighted by atomic mass is 16.6. The molecule has 1 saturated carbocycles. The van der Waals surface area contributed by atoms with Crippen LogP contribution < -0.4 is 16.4 Å². The predicted molar refractivity (Wildman–Crippen MR) is 91.2 cm³/mol. The second-order valence-corrected chi connectivity index (χ2v) is 6.75. The lowest BCUT2D eigenvalue weighted by Gasteiger charge is -2.23. The van der Waals surface area contributed by atoms with E-state index in [1.807, 2.05) is 51.1 Å². The summed E-state index contributed by atoms with van der Waals surface area (Å²) in [5, 5.41) is 6.00.